The maximum Gasteiger partial charge on any atom is 0.153 e. The van der Waals surface area contributed by atoms with Crippen LogP contribution in [-0.4, -0.2) is 70.3 Å². The van der Waals surface area contributed by atoms with Gasteiger partial charge in [0.25, 0.3) is 0 Å². The minimum Gasteiger partial charge on any atom is -0.493 e. The molecular weight excluding hydrogens is 527 g/mol. The number of halogens is 1. The molecule has 0 saturated carbocycles. The molecule has 2 rings (SSSR count). The third-order valence-corrected chi connectivity index (χ3v) is 7.30. The maximum absolute atomic E-state index is 14.8. The first-order chi connectivity index (χ1) is 20.1. The highest BCUT2D eigenvalue weighted by molar-refractivity contribution is 5.76. The number of rotatable bonds is 23. The fourth-order valence-corrected chi connectivity index (χ4v) is 4.76. The lowest BCUT2D eigenvalue weighted by Crippen LogP contribution is -2.58. The molecular formula is C33H55FO7. The zero-order valence-electron chi connectivity index (χ0n) is 26.2. The van der Waals surface area contributed by atoms with E-state index in [1.807, 2.05) is 0 Å². The minimum atomic E-state index is -0.666. The summed E-state index contributed by atoms with van der Waals surface area (Å²) in [6.07, 6.45) is 7.44. The van der Waals surface area contributed by atoms with Crippen LogP contribution in [0.1, 0.15) is 121 Å². The number of ether oxygens (including phenoxy) is 6. The van der Waals surface area contributed by atoms with Crippen molar-refractivity contribution in [3.8, 4) is 5.75 Å². The molecule has 236 valence electrons. The Balaban J connectivity index is 2.58. The normalized spacial score (nSPS) is 22.6. The van der Waals surface area contributed by atoms with Crippen molar-refractivity contribution in [2.24, 2.45) is 0 Å². The van der Waals surface area contributed by atoms with Gasteiger partial charge >= 0.3 is 0 Å². The van der Waals surface area contributed by atoms with E-state index in [4.69, 9.17) is 28.4 Å². The van der Waals surface area contributed by atoms with Gasteiger partial charge in [0.15, 0.2) is 6.29 Å². The van der Waals surface area contributed by atoms with E-state index in [0.717, 1.165) is 64.2 Å². The van der Waals surface area contributed by atoms with E-state index < -0.39 is 36.3 Å². The molecule has 7 nitrogen and oxygen atoms in total. The van der Waals surface area contributed by atoms with Crippen LogP contribution in [0.4, 0.5) is 4.39 Å². The summed E-state index contributed by atoms with van der Waals surface area (Å²) in [5.41, 5.74) is 0.542. The largest absolute Gasteiger partial charge is 0.493 e. The van der Waals surface area contributed by atoms with E-state index in [2.05, 4.69) is 34.6 Å². The summed E-state index contributed by atoms with van der Waals surface area (Å²) in [6.45, 7) is 13.6. The molecule has 0 radical (unpaired) electrons. The summed E-state index contributed by atoms with van der Waals surface area (Å²) in [5, 5.41) is 0. The fraction of sp³-hybridized carbons (Fsp3) is 0.788. The number of aldehydes is 1. The third-order valence-electron chi connectivity index (χ3n) is 7.30. The lowest BCUT2D eigenvalue weighted by molar-refractivity contribution is -0.268. The lowest BCUT2D eigenvalue weighted by atomic mass is 9.89. The molecule has 1 saturated heterocycles. The minimum absolute atomic E-state index is 0.0423. The molecule has 3 unspecified atom stereocenters. The SMILES string of the molecule is CCCCOCC1OC(c2cc(C=O)c(F)cc2OCCCC)[C@H](OCCCC)C(OCCCC)[C@@H]1OCCCC. The number of hydrogen-bond acceptors (Lipinski definition) is 7. The zero-order chi connectivity index (χ0) is 29.9. The van der Waals surface area contributed by atoms with Crippen LogP contribution in [-0.2, 0) is 23.7 Å². The van der Waals surface area contributed by atoms with Crippen molar-refractivity contribution >= 4 is 6.29 Å². The van der Waals surface area contributed by atoms with Gasteiger partial charge in [-0.05, 0) is 38.2 Å². The topological polar surface area (TPSA) is 72.5 Å². The summed E-state index contributed by atoms with van der Waals surface area (Å²) >= 11 is 0. The average molecular weight is 583 g/mol. The van der Waals surface area contributed by atoms with Crippen LogP contribution in [0.5, 0.6) is 5.75 Å². The number of carbonyl (C=O) groups is 1. The fourth-order valence-electron chi connectivity index (χ4n) is 4.76. The van der Waals surface area contributed by atoms with E-state index in [1.54, 1.807) is 6.07 Å². The van der Waals surface area contributed by atoms with Gasteiger partial charge in [0.1, 0.15) is 42.1 Å². The van der Waals surface area contributed by atoms with Crippen LogP contribution >= 0.6 is 0 Å². The molecule has 1 aromatic rings. The van der Waals surface area contributed by atoms with Gasteiger partial charge in [0.05, 0.1) is 18.8 Å². The predicted molar refractivity (Wildman–Crippen MR) is 159 cm³/mol. The molecule has 1 aliphatic rings. The lowest BCUT2D eigenvalue weighted by Gasteiger charge is -2.46. The van der Waals surface area contributed by atoms with Gasteiger partial charge in [-0.3, -0.25) is 4.79 Å². The van der Waals surface area contributed by atoms with Crippen molar-refractivity contribution in [1.29, 1.82) is 0 Å². The van der Waals surface area contributed by atoms with E-state index >= 15 is 0 Å². The van der Waals surface area contributed by atoms with Crippen LogP contribution in [0, 0.1) is 5.82 Å². The monoisotopic (exact) mass is 582 g/mol. The van der Waals surface area contributed by atoms with Crippen LogP contribution in [0.15, 0.2) is 12.1 Å². The van der Waals surface area contributed by atoms with Crippen molar-refractivity contribution in [1.82, 2.24) is 0 Å². The summed E-state index contributed by atoms with van der Waals surface area (Å²) in [7, 11) is 0. The summed E-state index contributed by atoms with van der Waals surface area (Å²) in [6, 6.07) is 2.84. The predicted octanol–water partition coefficient (Wildman–Crippen LogP) is 7.63. The van der Waals surface area contributed by atoms with Crippen molar-refractivity contribution < 1.29 is 37.6 Å². The van der Waals surface area contributed by atoms with Crippen molar-refractivity contribution in [3.63, 3.8) is 0 Å². The summed E-state index contributed by atoms with van der Waals surface area (Å²) in [4.78, 5) is 11.8. The maximum atomic E-state index is 14.8. The van der Waals surface area contributed by atoms with Crippen LogP contribution in [0.3, 0.4) is 0 Å². The standard InChI is InChI=1S/C33H55FO7/c1-6-11-16-36-24-29-31(38-18-13-8-3)33(40-20-15-10-5)32(39-19-14-9-4)30(41-29)26-21-25(23-35)27(34)22-28(26)37-17-12-7-2/h21-23,29-33H,6-20,24H2,1-5H3/t29?,30?,31-,32+,33?/m1/s1. The number of carbonyl (C=O) groups excluding carboxylic acids is 1. The highest BCUT2D eigenvalue weighted by Gasteiger charge is 2.49. The van der Waals surface area contributed by atoms with Crippen LogP contribution in [0.25, 0.3) is 0 Å². The molecule has 0 amide bonds. The van der Waals surface area contributed by atoms with Gasteiger partial charge in [0, 0.05) is 38.1 Å². The van der Waals surface area contributed by atoms with E-state index in [0.29, 0.717) is 57.2 Å². The molecule has 5 atom stereocenters. The highest BCUT2D eigenvalue weighted by Crippen LogP contribution is 2.42. The van der Waals surface area contributed by atoms with Gasteiger partial charge in [0.2, 0.25) is 0 Å². The first-order valence-electron chi connectivity index (χ1n) is 16.0. The average Bonchev–Trinajstić information content (AvgIpc) is 2.97. The first kappa shape index (κ1) is 35.6. The molecule has 1 fully saturated rings. The second kappa shape index (κ2) is 21.2. The molecule has 1 heterocycles. The van der Waals surface area contributed by atoms with Gasteiger partial charge < -0.3 is 28.4 Å². The summed E-state index contributed by atoms with van der Waals surface area (Å²) < 4.78 is 53.4. The molecule has 0 aromatic heterocycles. The van der Waals surface area contributed by atoms with Crippen molar-refractivity contribution in [2.45, 2.75) is 129 Å². The quantitative estimate of drug-likeness (QED) is 0.0970. The van der Waals surface area contributed by atoms with Crippen LogP contribution in [0.2, 0.25) is 0 Å². The Labute approximate surface area is 247 Å². The molecule has 0 N–H and O–H groups in total. The smallest absolute Gasteiger partial charge is 0.153 e. The van der Waals surface area contributed by atoms with Gasteiger partial charge in [-0.25, -0.2) is 4.39 Å². The number of unbranched alkanes of at least 4 members (excludes halogenated alkanes) is 5. The van der Waals surface area contributed by atoms with Gasteiger partial charge in [-0.2, -0.15) is 0 Å². The Morgan fingerprint density at radius 1 is 0.732 bits per heavy atom. The first-order valence-corrected chi connectivity index (χ1v) is 16.0. The van der Waals surface area contributed by atoms with Gasteiger partial charge in [-0.15, -0.1) is 0 Å². The Hall–Kier alpha value is -1.58. The number of hydrogen-bond donors (Lipinski definition) is 0. The second-order valence-electron chi connectivity index (χ2n) is 10.8. The van der Waals surface area contributed by atoms with Gasteiger partial charge in [-0.1, -0.05) is 66.7 Å². The third kappa shape index (κ3) is 11.6. The molecule has 1 aromatic carbocycles. The van der Waals surface area contributed by atoms with E-state index in [9.17, 15) is 9.18 Å². The highest BCUT2D eigenvalue weighted by atomic mass is 19.1. The number of benzene rings is 1. The van der Waals surface area contributed by atoms with Crippen molar-refractivity contribution in [3.05, 3.63) is 29.1 Å². The van der Waals surface area contributed by atoms with Crippen LogP contribution < -0.4 is 4.74 Å². The molecule has 0 aliphatic carbocycles. The molecule has 0 bridgehead atoms. The summed E-state index contributed by atoms with van der Waals surface area (Å²) in [5.74, 6) is -0.260. The molecule has 41 heavy (non-hydrogen) atoms. The molecule has 1 aliphatic heterocycles. The zero-order valence-corrected chi connectivity index (χ0v) is 26.2. The Kier molecular flexibility index (Phi) is 18.4. The van der Waals surface area contributed by atoms with E-state index in [1.165, 1.54) is 6.07 Å². The molecule has 0 spiro atoms. The Bertz CT molecular complexity index is 836. The van der Waals surface area contributed by atoms with Crippen molar-refractivity contribution in [2.75, 3.05) is 39.6 Å². The molecule has 8 heteroatoms. The Morgan fingerprint density at radius 2 is 1.27 bits per heavy atom. The second-order valence-corrected chi connectivity index (χ2v) is 10.8. The van der Waals surface area contributed by atoms with E-state index in [-0.39, 0.29) is 5.56 Å². The Morgan fingerprint density at radius 3 is 1.85 bits per heavy atom.